The van der Waals surface area contributed by atoms with Crippen LogP contribution in [0.25, 0.3) is 0 Å². The van der Waals surface area contributed by atoms with E-state index in [2.05, 4.69) is 10.6 Å². The van der Waals surface area contributed by atoms with Crippen molar-refractivity contribution >= 4 is 24.1 Å². The molecule has 27 heavy (non-hydrogen) atoms. The number of hydrogen-bond acceptors (Lipinski definition) is 6. The summed E-state index contributed by atoms with van der Waals surface area (Å²) in [5, 5.41) is 12.4. The normalized spacial score (nSPS) is 10.1. The molecular formula is C18H34N2O7. The molecule has 0 aliphatic heterocycles. The van der Waals surface area contributed by atoms with Gasteiger partial charge in [0.25, 0.3) is 6.47 Å². The van der Waals surface area contributed by atoms with Gasteiger partial charge in [-0.1, -0.05) is 27.7 Å². The first-order valence-electron chi connectivity index (χ1n) is 9.06. The minimum Gasteiger partial charge on any atom is -0.483 e. The molecule has 0 atom stereocenters. The maximum atomic E-state index is 11.6. The zero-order chi connectivity index (χ0) is 21.1. The Morgan fingerprint density at radius 1 is 0.926 bits per heavy atom. The fourth-order valence-corrected chi connectivity index (χ4v) is 1.58. The van der Waals surface area contributed by atoms with Gasteiger partial charge in [0.1, 0.15) is 6.61 Å². The molecule has 0 heterocycles. The number of amides is 2. The summed E-state index contributed by atoms with van der Waals surface area (Å²) in [7, 11) is 0. The zero-order valence-corrected chi connectivity index (χ0v) is 16.8. The number of carboxylic acid groups (broad SMARTS) is 1. The first-order chi connectivity index (χ1) is 12.8. The summed E-state index contributed by atoms with van der Waals surface area (Å²) in [5.74, 6) is -0.0348. The molecular weight excluding hydrogens is 356 g/mol. The highest BCUT2D eigenvalue weighted by Gasteiger charge is 2.07. The van der Waals surface area contributed by atoms with Crippen molar-refractivity contribution in [3.8, 4) is 0 Å². The topological polar surface area (TPSA) is 131 Å². The molecule has 0 aliphatic carbocycles. The summed E-state index contributed by atoms with van der Waals surface area (Å²) in [5.41, 5.74) is 0. The Morgan fingerprint density at radius 2 is 1.52 bits per heavy atom. The predicted octanol–water partition coefficient (Wildman–Crippen LogP) is 0.614. The fraction of sp³-hybridized carbons (Fsp3) is 0.778. The number of rotatable bonds is 14. The van der Waals surface area contributed by atoms with Crippen LogP contribution in [0.5, 0.6) is 0 Å². The number of Topliss-reactive ketones (excluding diaryl/α,β-unsaturated/α-hetero) is 1. The van der Waals surface area contributed by atoms with Gasteiger partial charge in [0.2, 0.25) is 11.8 Å². The van der Waals surface area contributed by atoms with E-state index in [1.54, 1.807) is 0 Å². The highest BCUT2D eigenvalue weighted by Crippen LogP contribution is 1.94. The predicted molar refractivity (Wildman–Crippen MR) is 100 cm³/mol. The number of hydrogen-bond donors (Lipinski definition) is 3. The monoisotopic (exact) mass is 390 g/mol. The zero-order valence-electron chi connectivity index (χ0n) is 16.8. The van der Waals surface area contributed by atoms with E-state index in [-0.39, 0.29) is 42.5 Å². The SMILES string of the molecule is CC(C)C(=O)COCCOCCNC(=O)CCCNC(=O)C(C)C.O=CO. The van der Waals surface area contributed by atoms with Crippen LogP contribution in [-0.2, 0) is 28.7 Å². The van der Waals surface area contributed by atoms with Crippen molar-refractivity contribution in [2.75, 3.05) is 39.5 Å². The Balaban J connectivity index is 0. The third-order valence-electron chi connectivity index (χ3n) is 3.23. The van der Waals surface area contributed by atoms with Crippen LogP contribution in [0.1, 0.15) is 40.5 Å². The molecule has 0 aromatic carbocycles. The Bertz CT molecular complexity index is 426. The smallest absolute Gasteiger partial charge is 0.290 e. The summed E-state index contributed by atoms with van der Waals surface area (Å²) < 4.78 is 10.5. The van der Waals surface area contributed by atoms with Gasteiger partial charge in [0.05, 0.1) is 19.8 Å². The molecule has 3 N–H and O–H groups in total. The number of carbonyl (C=O) groups excluding carboxylic acids is 3. The van der Waals surface area contributed by atoms with E-state index in [9.17, 15) is 14.4 Å². The fourth-order valence-electron chi connectivity index (χ4n) is 1.58. The van der Waals surface area contributed by atoms with Crippen molar-refractivity contribution in [2.24, 2.45) is 11.8 Å². The third-order valence-corrected chi connectivity index (χ3v) is 3.23. The summed E-state index contributed by atoms with van der Waals surface area (Å²) in [6.07, 6.45) is 0.988. The molecule has 0 saturated carbocycles. The van der Waals surface area contributed by atoms with E-state index < -0.39 is 0 Å². The number of carbonyl (C=O) groups is 4. The Morgan fingerprint density at radius 3 is 2.07 bits per heavy atom. The molecule has 0 radical (unpaired) electrons. The van der Waals surface area contributed by atoms with Gasteiger partial charge in [0, 0.05) is 31.3 Å². The van der Waals surface area contributed by atoms with Crippen molar-refractivity contribution < 1.29 is 33.8 Å². The lowest BCUT2D eigenvalue weighted by Gasteiger charge is -2.09. The number of nitrogens with one attached hydrogen (secondary N) is 2. The molecule has 158 valence electrons. The van der Waals surface area contributed by atoms with Gasteiger partial charge in [-0.25, -0.2) is 0 Å². The van der Waals surface area contributed by atoms with Crippen LogP contribution >= 0.6 is 0 Å². The van der Waals surface area contributed by atoms with Crippen LogP contribution in [0.3, 0.4) is 0 Å². The first-order valence-corrected chi connectivity index (χ1v) is 9.06. The summed E-state index contributed by atoms with van der Waals surface area (Å²) in [6, 6.07) is 0. The maximum absolute atomic E-state index is 11.6. The van der Waals surface area contributed by atoms with E-state index in [1.165, 1.54) is 0 Å². The van der Waals surface area contributed by atoms with E-state index in [1.807, 2.05) is 27.7 Å². The molecule has 0 aromatic heterocycles. The Labute approximate surface area is 161 Å². The lowest BCUT2D eigenvalue weighted by molar-refractivity contribution is -0.127. The van der Waals surface area contributed by atoms with E-state index in [4.69, 9.17) is 19.4 Å². The molecule has 0 aliphatic rings. The van der Waals surface area contributed by atoms with Gasteiger partial charge in [-0.3, -0.25) is 19.2 Å². The minimum atomic E-state index is -0.250. The van der Waals surface area contributed by atoms with E-state index in [0.717, 1.165) is 0 Å². The maximum Gasteiger partial charge on any atom is 0.290 e. The Hall–Kier alpha value is -2.00. The number of ketones is 1. The van der Waals surface area contributed by atoms with Crippen molar-refractivity contribution in [3.05, 3.63) is 0 Å². The largest absolute Gasteiger partial charge is 0.483 e. The molecule has 0 spiro atoms. The summed E-state index contributed by atoms with van der Waals surface area (Å²) in [6.45, 7) is 9.29. The highest BCUT2D eigenvalue weighted by atomic mass is 16.5. The van der Waals surface area contributed by atoms with Crippen LogP contribution in [0, 0.1) is 11.8 Å². The van der Waals surface area contributed by atoms with E-state index >= 15 is 0 Å². The van der Waals surface area contributed by atoms with Crippen molar-refractivity contribution in [2.45, 2.75) is 40.5 Å². The standard InChI is InChI=1S/C17H32N2O5.CH2O2/c1-13(2)15(20)12-24-11-10-23-9-8-18-16(21)6-5-7-19-17(22)14(3)4;2-1-3/h13-14H,5-12H2,1-4H3,(H,18,21)(H,19,22);1H,(H,2,3). The van der Waals surface area contributed by atoms with Gasteiger partial charge in [-0.15, -0.1) is 0 Å². The van der Waals surface area contributed by atoms with Gasteiger partial charge in [-0.05, 0) is 6.42 Å². The van der Waals surface area contributed by atoms with Crippen LogP contribution in [0.2, 0.25) is 0 Å². The van der Waals surface area contributed by atoms with Gasteiger partial charge < -0.3 is 25.2 Å². The molecule has 0 unspecified atom stereocenters. The highest BCUT2D eigenvalue weighted by molar-refractivity contribution is 5.81. The molecule has 0 saturated heterocycles. The van der Waals surface area contributed by atoms with Gasteiger partial charge in [0.15, 0.2) is 5.78 Å². The third kappa shape index (κ3) is 20.2. The Kier molecular flexibility index (Phi) is 18.9. The molecule has 0 bridgehead atoms. The number of ether oxygens (including phenoxy) is 2. The minimum absolute atomic E-state index is 0.00104. The van der Waals surface area contributed by atoms with Crippen LogP contribution in [0.4, 0.5) is 0 Å². The summed E-state index contributed by atoms with van der Waals surface area (Å²) >= 11 is 0. The van der Waals surface area contributed by atoms with Gasteiger partial charge >= 0.3 is 0 Å². The van der Waals surface area contributed by atoms with Gasteiger partial charge in [-0.2, -0.15) is 0 Å². The second kappa shape index (κ2) is 18.8. The van der Waals surface area contributed by atoms with Crippen LogP contribution < -0.4 is 10.6 Å². The second-order valence-corrected chi connectivity index (χ2v) is 6.29. The first kappa shape index (κ1) is 27.2. The van der Waals surface area contributed by atoms with E-state index in [0.29, 0.717) is 45.8 Å². The second-order valence-electron chi connectivity index (χ2n) is 6.29. The van der Waals surface area contributed by atoms with Crippen molar-refractivity contribution in [3.63, 3.8) is 0 Å². The molecule has 2 amide bonds. The lowest BCUT2D eigenvalue weighted by Crippen LogP contribution is -2.31. The molecule has 9 nitrogen and oxygen atoms in total. The lowest BCUT2D eigenvalue weighted by atomic mass is 10.1. The molecule has 9 heteroatoms. The average molecular weight is 390 g/mol. The quantitative estimate of drug-likeness (QED) is 0.293. The van der Waals surface area contributed by atoms with Crippen LogP contribution in [-0.4, -0.2) is 68.7 Å². The molecule has 0 fully saturated rings. The van der Waals surface area contributed by atoms with Crippen molar-refractivity contribution in [1.82, 2.24) is 10.6 Å². The average Bonchev–Trinajstić information content (AvgIpc) is 2.60. The van der Waals surface area contributed by atoms with Crippen molar-refractivity contribution in [1.29, 1.82) is 0 Å². The summed E-state index contributed by atoms with van der Waals surface area (Å²) in [4.78, 5) is 42.5. The van der Waals surface area contributed by atoms with Crippen LogP contribution in [0.15, 0.2) is 0 Å². The molecule has 0 aromatic rings. The molecule has 0 rings (SSSR count).